The van der Waals surface area contributed by atoms with Crippen LogP contribution in [0.2, 0.25) is 0 Å². The summed E-state index contributed by atoms with van der Waals surface area (Å²) in [7, 11) is 0. The second-order valence-corrected chi connectivity index (χ2v) is 3.65. The molecule has 2 rings (SSSR count). The monoisotopic (exact) mass is 167 g/mol. The third-order valence-electron chi connectivity index (χ3n) is 2.89. The summed E-state index contributed by atoms with van der Waals surface area (Å²) in [5.41, 5.74) is 0. The highest BCUT2D eigenvalue weighted by Crippen LogP contribution is 2.32. The molecule has 3 nitrogen and oxygen atoms in total. The molecule has 66 valence electrons. The predicted molar refractivity (Wildman–Crippen MR) is 45.0 cm³/mol. The van der Waals surface area contributed by atoms with Gasteiger partial charge in [-0.2, -0.15) is 0 Å². The second kappa shape index (κ2) is 2.81. The lowest BCUT2D eigenvalue weighted by Gasteiger charge is -2.17. The molecule has 1 saturated heterocycles. The van der Waals surface area contributed by atoms with E-state index in [2.05, 4.69) is 12.2 Å². The van der Waals surface area contributed by atoms with Crippen molar-refractivity contribution in [2.24, 2.45) is 11.8 Å². The van der Waals surface area contributed by atoms with Crippen molar-refractivity contribution in [3.63, 3.8) is 0 Å². The van der Waals surface area contributed by atoms with Crippen LogP contribution in [0.4, 0.5) is 4.79 Å². The maximum absolute atomic E-state index is 10.7. The Morgan fingerprint density at radius 1 is 1.25 bits per heavy atom. The molecule has 1 fully saturated rings. The molecule has 3 heteroatoms. The molecule has 0 aromatic rings. The van der Waals surface area contributed by atoms with E-state index in [0.29, 0.717) is 11.8 Å². The average Bonchev–Trinajstić information content (AvgIpc) is 2.46. The third-order valence-corrected chi connectivity index (χ3v) is 2.89. The zero-order valence-corrected chi connectivity index (χ0v) is 6.94. The number of fused-ring (bicyclic) bond motifs is 1. The van der Waals surface area contributed by atoms with Gasteiger partial charge in [-0.05, 0) is 24.7 Å². The van der Waals surface area contributed by atoms with Crippen molar-refractivity contribution in [2.75, 3.05) is 13.1 Å². The van der Waals surface area contributed by atoms with Crippen molar-refractivity contribution in [3.8, 4) is 0 Å². The van der Waals surface area contributed by atoms with Gasteiger partial charge in [0.05, 0.1) is 0 Å². The van der Waals surface area contributed by atoms with Crippen molar-refractivity contribution < 1.29 is 9.90 Å². The van der Waals surface area contributed by atoms with Gasteiger partial charge in [0, 0.05) is 13.1 Å². The summed E-state index contributed by atoms with van der Waals surface area (Å²) in [6.07, 6.45) is 5.71. The highest BCUT2D eigenvalue weighted by molar-refractivity contribution is 5.65. The fourth-order valence-electron chi connectivity index (χ4n) is 2.17. The minimum atomic E-state index is -0.760. The minimum Gasteiger partial charge on any atom is -0.465 e. The Balaban J connectivity index is 2.02. The topological polar surface area (TPSA) is 40.5 Å². The smallest absolute Gasteiger partial charge is 0.407 e. The number of likely N-dealkylation sites (tertiary alicyclic amines) is 1. The Morgan fingerprint density at radius 2 is 1.75 bits per heavy atom. The Bertz CT molecular complexity index is 209. The molecule has 0 saturated carbocycles. The van der Waals surface area contributed by atoms with Crippen LogP contribution in [0.3, 0.4) is 0 Å². The number of hydrogen-bond acceptors (Lipinski definition) is 1. The van der Waals surface area contributed by atoms with Gasteiger partial charge >= 0.3 is 6.09 Å². The fourth-order valence-corrected chi connectivity index (χ4v) is 2.17. The molecule has 0 radical (unpaired) electrons. The SMILES string of the molecule is O=C(O)N1CC2CC=CCC2C1. The number of carbonyl (C=O) groups is 1. The number of hydrogen-bond donors (Lipinski definition) is 1. The first-order valence-electron chi connectivity index (χ1n) is 4.40. The zero-order valence-electron chi connectivity index (χ0n) is 6.94. The predicted octanol–water partition coefficient (Wildman–Crippen LogP) is 1.56. The van der Waals surface area contributed by atoms with Gasteiger partial charge < -0.3 is 10.0 Å². The van der Waals surface area contributed by atoms with Crippen LogP contribution < -0.4 is 0 Å². The van der Waals surface area contributed by atoms with Gasteiger partial charge in [0.2, 0.25) is 0 Å². The van der Waals surface area contributed by atoms with Gasteiger partial charge in [-0.25, -0.2) is 4.79 Å². The molecule has 0 aromatic heterocycles. The molecule has 0 spiro atoms. The summed E-state index contributed by atoms with van der Waals surface area (Å²) in [4.78, 5) is 12.2. The minimum absolute atomic E-state index is 0.589. The summed E-state index contributed by atoms with van der Waals surface area (Å²) < 4.78 is 0. The van der Waals surface area contributed by atoms with Crippen molar-refractivity contribution in [3.05, 3.63) is 12.2 Å². The van der Waals surface area contributed by atoms with E-state index in [-0.39, 0.29) is 0 Å². The number of allylic oxidation sites excluding steroid dienone is 2. The van der Waals surface area contributed by atoms with E-state index in [9.17, 15) is 4.79 Å². The molecule has 2 unspecified atom stereocenters. The maximum atomic E-state index is 10.7. The summed E-state index contributed by atoms with van der Waals surface area (Å²) in [5, 5.41) is 8.77. The van der Waals surface area contributed by atoms with Crippen LogP contribution >= 0.6 is 0 Å². The summed E-state index contributed by atoms with van der Waals surface area (Å²) in [6.45, 7) is 1.48. The van der Waals surface area contributed by atoms with E-state index in [1.165, 1.54) is 0 Å². The zero-order chi connectivity index (χ0) is 8.55. The van der Waals surface area contributed by atoms with E-state index in [1.807, 2.05) is 0 Å². The van der Waals surface area contributed by atoms with E-state index in [4.69, 9.17) is 5.11 Å². The standard InChI is InChI=1S/C9H13NO2/c11-9(12)10-5-7-3-1-2-4-8(7)6-10/h1-2,7-8H,3-6H2,(H,11,12). The molecule has 0 bridgehead atoms. The third kappa shape index (κ3) is 1.19. The van der Waals surface area contributed by atoms with Crippen molar-refractivity contribution in [1.82, 2.24) is 4.90 Å². The summed E-state index contributed by atoms with van der Waals surface area (Å²) in [6, 6.07) is 0. The number of carboxylic acid groups (broad SMARTS) is 1. The van der Waals surface area contributed by atoms with Gasteiger partial charge in [0.15, 0.2) is 0 Å². The van der Waals surface area contributed by atoms with Crippen LogP contribution in [-0.4, -0.2) is 29.2 Å². The van der Waals surface area contributed by atoms with Gasteiger partial charge in [0.1, 0.15) is 0 Å². The molecule has 1 N–H and O–H groups in total. The van der Waals surface area contributed by atoms with Crippen LogP contribution in [0.25, 0.3) is 0 Å². The number of nitrogens with zero attached hydrogens (tertiary/aromatic N) is 1. The van der Waals surface area contributed by atoms with E-state index in [1.54, 1.807) is 4.90 Å². The van der Waals surface area contributed by atoms with Crippen LogP contribution in [0.5, 0.6) is 0 Å². The molecule has 1 heterocycles. The summed E-state index contributed by atoms with van der Waals surface area (Å²) in [5.74, 6) is 1.18. The first-order chi connectivity index (χ1) is 5.77. The lowest BCUT2D eigenvalue weighted by molar-refractivity contribution is 0.153. The quantitative estimate of drug-likeness (QED) is 0.556. The van der Waals surface area contributed by atoms with E-state index in [0.717, 1.165) is 25.9 Å². The number of rotatable bonds is 0. The van der Waals surface area contributed by atoms with Crippen LogP contribution in [-0.2, 0) is 0 Å². The Kier molecular flexibility index (Phi) is 1.79. The number of amides is 1. The van der Waals surface area contributed by atoms with E-state index >= 15 is 0 Å². The molecule has 1 aliphatic carbocycles. The van der Waals surface area contributed by atoms with E-state index < -0.39 is 6.09 Å². The maximum Gasteiger partial charge on any atom is 0.407 e. The molecular formula is C9H13NO2. The summed E-state index contributed by atoms with van der Waals surface area (Å²) >= 11 is 0. The van der Waals surface area contributed by atoms with Gasteiger partial charge in [0.25, 0.3) is 0 Å². The molecule has 2 aliphatic rings. The van der Waals surface area contributed by atoms with Gasteiger partial charge in [-0.3, -0.25) is 0 Å². The Morgan fingerprint density at radius 3 is 2.17 bits per heavy atom. The molecular weight excluding hydrogens is 154 g/mol. The van der Waals surface area contributed by atoms with Crippen molar-refractivity contribution >= 4 is 6.09 Å². The second-order valence-electron chi connectivity index (χ2n) is 3.65. The molecule has 12 heavy (non-hydrogen) atoms. The van der Waals surface area contributed by atoms with Gasteiger partial charge in [-0.1, -0.05) is 12.2 Å². The lowest BCUT2D eigenvalue weighted by Crippen LogP contribution is -2.26. The molecule has 1 amide bonds. The first-order valence-corrected chi connectivity index (χ1v) is 4.40. The van der Waals surface area contributed by atoms with Crippen LogP contribution in [0.1, 0.15) is 12.8 Å². The van der Waals surface area contributed by atoms with Crippen molar-refractivity contribution in [2.45, 2.75) is 12.8 Å². The lowest BCUT2D eigenvalue weighted by atomic mass is 9.86. The Hall–Kier alpha value is -0.990. The first kappa shape index (κ1) is 7.65. The molecule has 0 aromatic carbocycles. The van der Waals surface area contributed by atoms with Gasteiger partial charge in [-0.15, -0.1) is 0 Å². The fraction of sp³-hybridized carbons (Fsp3) is 0.667. The highest BCUT2D eigenvalue weighted by atomic mass is 16.4. The Labute approximate surface area is 71.7 Å². The normalized spacial score (nSPS) is 33.5. The van der Waals surface area contributed by atoms with Crippen molar-refractivity contribution in [1.29, 1.82) is 0 Å². The largest absolute Gasteiger partial charge is 0.465 e. The molecule has 1 aliphatic heterocycles. The van der Waals surface area contributed by atoms with Crippen LogP contribution in [0.15, 0.2) is 12.2 Å². The average molecular weight is 167 g/mol. The van der Waals surface area contributed by atoms with Crippen LogP contribution in [0, 0.1) is 11.8 Å². The highest BCUT2D eigenvalue weighted by Gasteiger charge is 2.34. The molecule has 2 atom stereocenters.